The van der Waals surface area contributed by atoms with Crippen LogP contribution in [0.15, 0.2) is 127 Å². The average molecular weight is 406 g/mol. The molecule has 0 fully saturated rings. The summed E-state index contributed by atoms with van der Waals surface area (Å²) in [6, 6.07) is 37.7. The molecule has 0 radical (unpaired) electrons. The van der Waals surface area contributed by atoms with Gasteiger partial charge >= 0.3 is 0 Å². The van der Waals surface area contributed by atoms with E-state index in [0.29, 0.717) is 6.71 Å². The molecule has 0 spiro atoms. The van der Waals surface area contributed by atoms with Crippen LogP contribution in [-0.2, 0) is 0 Å². The zero-order chi connectivity index (χ0) is 21.3. The summed E-state index contributed by atoms with van der Waals surface area (Å²) in [7, 11) is 0. The Labute approximate surface area is 189 Å². The fraction of sp³-hybridized carbons (Fsp3) is 0.0323. The van der Waals surface area contributed by atoms with Crippen LogP contribution in [0.5, 0.6) is 0 Å². The van der Waals surface area contributed by atoms with Crippen molar-refractivity contribution < 1.29 is 0 Å². The number of allylic oxidation sites excluding steroid dienone is 3. The van der Waals surface area contributed by atoms with E-state index in [1.165, 1.54) is 49.3 Å². The second-order valence-corrected chi connectivity index (χ2v) is 8.51. The molecule has 0 aliphatic carbocycles. The van der Waals surface area contributed by atoms with E-state index in [0.717, 1.165) is 6.32 Å². The van der Waals surface area contributed by atoms with E-state index in [2.05, 4.69) is 127 Å². The van der Waals surface area contributed by atoms with E-state index in [-0.39, 0.29) is 0 Å². The van der Waals surface area contributed by atoms with Crippen LogP contribution in [0, 0.1) is 0 Å². The maximum Gasteiger partial charge on any atom is 0.205 e. The first-order valence-electron chi connectivity index (χ1n) is 11.3. The molecule has 0 saturated carbocycles. The van der Waals surface area contributed by atoms with Crippen molar-refractivity contribution in [1.82, 2.24) is 0 Å². The zero-order valence-electron chi connectivity index (χ0n) is 17.9. The summed E-state index contributed by atoms with van der Waals surface area (Å²) in [5, 5.41) is 5.17. The number of hydrogen-bond acceptors (Lipinski definition) is 0. The quantitative estimate of drug-likeness (QED) is 0.269. The fourth-order valence-corrected chi connectivity index (χ4v) is 5.03. The van der Waals surface area contributed by atoms with E-state index < -0.39 is 0 Å². The molecule has 1 heteroatoms. The number of fused-ring (bicyclic) bond motifs is 2. The zero-order valence-corrected chi connectivity index (χ0v) is 17.9. The first-order chi connectivity index (χ1) is 15.9. The molecule has 1 heterocycles. The van der Waals surface area contributed by atoms with Crippen molar-refractivity contribution in [3.8, 4) is 22.3 Å². The lowest BCUT2D eigenvalue weighted by atomic mass is 9.40. The van der Waals surface area contributed by atoms with Gasteiger partial charge in [-0.2, -0.15) is 0 Å². The maximum atomic E-state index is 2.41. The summed E-state index contributed by atoms with van der Waals surface area (Å²) in [5.74, 6) is 2.33. The molecule has 1 aliphatic heterocycles. The molecule has 0 N–H and O–H groups in total. The first-order valence-corrected chi connectivity index (χ1v) is 11.3. The number of benzene rings is 5. The Morgan fingerprint density at radius 3 is 1.91 bits per heavy atom. The van der Waals surface area contributed by atoms with E-state index in [9.17, 15) is 0 Å². The predicted molar refractivity (Wildman–Crippen MR) is 141 cm³/mol. The summed E-state index contributed by atoms with van der Waals surface area (Å²) >= 11 is 0. The molecule has 0 atom stereocenters. The molecule has 1 aliphatic rings. The summed E-state index contributed by atoms with van der Waals surface area (Å²) in [4.78, 5) is 0. The molecular formula is C31H23B. The largest absolute Gasteiger partial charge is 0.205 e. The van der Waals surface area contributed by atoms with Gasteiger partial charge in [-0.25, -0.2) is 0 Å². The summed E-state index contributed by atoms with van der Waals surface area (Å²) in [5.41, 5.74) is 6.59. The Balaban J connectivity index is 1.62. The van der Waals surface area contributed by atoms with Gasteiger partial charge in [0.2, 0.25) is 6.71 Å². The highest BCUT2D eigenvalue weighted by molar-refractivity contribution is 6.79. The minimum Gasteiger partial charge on any atom is -0.110 e. The van der Waals surface area contributed by atoms with E-state index >= 15 is 0 Å². The molecule has 6 rings (SSSR count). The van der Waals surface area contributed by atoms with Gasteiger partial charge in [-0.3, -0.25) is 0 Å². The van der Waals surface area contributed by atoms with Gasteiger partial charge in [0.15, 0.2) is 0 Å². The Hall–Kier alpha value is -3.84. The van der Waals surface area contributed by atoms with E-state index in [4.69, 9.17) is 0 Å². The van der Waals surface area contributed by atoms with Gasteiger partial charge in [0.1, 0.15) is 0 Å². The first kappa shape index (κ1) is 18.9. The van der Waals surface area contributed by atoms with Crippen LogP contribution in [0.3, 0.4) is 0 Å². The van der Waals surface area contributed by atoms with Crippen molar-refractivity contribution in [2.45, 2.75) is 6.32 Å². The van der Waals surface area contributed by atoms with Crippen molar-refractivity contribution in [2.75, 3.05) is 0 Å². The molecule has 150 valence electrons. The van der Waals surface area contributed by atoms with Gasteiger partial charge in [0.25, 0.3) is 0 Å². The Kier molecular flexibility index (Phi) is 4.73. The van der Waals surface area contributed by atoms with Crippen LogP contribution in [0.4, 0.5) is 0 Å². The lowest BCUT2D eigenvalue weighted by molar-refractivity contribution is 1.59. The minimum absolute atomic E-state index is 0.399. The highest BCUT2D eigenvalue weighted by Crippen LogP contribution is 2.34. The smallest absolute Gasteiger partial charge is 0.110 e. The second kappa shape index (κ2) is 8.02. The molecule has 0 aromatic heterocycles. The summed E-state index contributed by atoms with van der Waals surface area (Å²) in [6.07, 6.45) is 7.65. The van der Waals surface area contributed by atoms with Crippen LogP contribution in [-0.4, -0.2) is 6.71 Å². The van der Waals surface area contributed by atoms with Gasteiger partial charge in [-0.05, 0) is 56.2 Å². The standard InChI is InChI=1S/C31H23B/c1-6-20-32(21-7-1)31-19-18-25(28-16-8-12-23-10-2-4-14-26(23)28)22-30(31)29-17-9-13-24-11-3-5-15-27(24)29/h1-20,22H,21H2. The van der Waals surface area contributed by atoms with Crippen LogP contribution in [0.2, 0.25) is 6.32 Å². The highest BCUT2D eigenvalue weighted by Gasteiger charge is 2.20. The Morgan fingerprint density at radius 2 is 1.19 bits per heavy atom. The van der Waals surface area contributed by atoms with Crippen LogP contribution in [0.1, 0.15) is 0 Å². The van der Waals surface area contributed by atoms with Gasteiger partial charge in [0.05, 0.1) is 0 Å². The third-order valence-corrected chi connectivity index (χ3v) is 6.61. The summed E-state index contributed by atoms with van der Waals surface area (Å²) < 4.78 is 0. The topological polar surface area (TPSA) is 0 Å². The van der Waals surface area contributed by atoms with Gasteiger partial charge < -0.3 is 0 Å². The highest BCUT2D eigenvalue weighted by atomic mass is 14.1. The maximum absolute atomic E-state index is 2.41. The van der Waals surface area contributed by atoms with Crippen LogP contribution >= 0.6 is 0 Å². The summed E-state index contributed by atoms with van der Waals surface area (Å²) in [6.45, 7) is 0.399. The number of hydrogen-bond donors (Lipinski definition) is 0. The van der Waals surface area contributed by atoms with Gasteiger partial charge in [-0.1, -0.05) is 121 Å². The lowest BCUT2D eigenvalue weighted by Crippen LogP contribution is -2.30. The monoisotopic (exact) mass is 406 g/mol. The van der Waals surface area contributed by atoms with Crippen molar-refractivity contribution in [2.24, 2.45) is 0 Å². The Morgan fingerprint density at radius 1 is 0.531 bits per heavy atom. The molecule has 5 aromatic rings. The fourth-order valence-electron chi connectivity index (χ4n) is 5.03. The molecule has 0 bridgehead atoms. The number of rotatable bonds is 3. The molecule has 0 unspecified atom stereocenters. The molecule has 0 amide bonds. The van der Waals surface area contributed by atoms with Crippen molar-refractivity contribution >= 4 is 33.7 Å². The normalized spacial score (nSPS) is 13.2. The molecule has 0 nitrogen and oxygen atoms in total. The predicted octanol–water partition coefficient (Wildman–Crippen LogP) is 7.69. The van der Waals surface area contributed by atoms with Gasteiger partial charge in [-0.15, -0.1) is 5.98 Å². The van der Waals surface area contributed by atoms with Crippen molar-refractivity contribution in [1.29, 1.82) is 0 Å². The SMILES string of the molecule is C1=CCB(c2ccc(-c3cccc4ccccc34)cc2-c2cccc3ccccc23)C=C1. The Bertz CT molecular complexity index is 1500. The lowest BCUT2D eigenvalue weighted by Gasteiger charge is -2.19. The van der Waals surface area contributed by atoms with E-state index in [1.807, 2.05) is 0 Å². The van der Waals surface area contributed by atoms with Crippen molar-refractivity contribution in [3.63, 3.8) is 0 Å². The van der Waals surface area contributed by atoms with E-state index in [1.54, 1.807) is 0 Å². The second-order valence-electron chi connectivity index (χ2n) is 8.51. The van der Waals surface area contributed by atoms with Gasteiger partial charge in [0, 0.05) is 0 Å². The third kappa shape index (κ3) is 3.27. The molecule has 0 saturated heterocycles. The molecule has 5 aromatic carbocycles. The van der Waals surface area contributed by atoms with Crippen molar-refractivity contribution in [3.05, 3.63) is 127 Å². The molecular weight excluding hydrogens is 383 g/mol. The molecule has 32 heavy (non-hydrogen) atoms. The van der Waals surface area contributed by atoms with Crippen LogP contribution in [0.25, 0.3) is 43.8 Å². The van der Waals surface area contributed by atoms with Crippen LogP contribution < -0.4 is 5.46 Å². The average Bonchev–Trinajstić information content (AvgIpc) is 2.88. The minimum atomic E-state index is 0.399. The third-order valence-electron chi connectivity index (χ3n) is 6.61.